The van der Waals surface area contributed by atoms with Crippen LogP contribution in [0.15, 0.2) is 18.3 Å². The zero-order valence-corrected chi connectivity index (χ0v) is 12.8. The first kappa shape index (κ1) is 15.2. The van der Waals surface area contributed by atoms with Crippen LogP contribution in [0.5, 0.6) is 0 Å². The van der Waals surface area contributed by atoms with Gasteiger partial charge in [-0.15, -0.1) is 0 Å². The predicted molar refractivity (Wildman–Crippen MR) is 82.1 cm³/mol. The predicted octanol–water partition coefficient (Wildman–Crippen LogP) is 0.818. The molecule has 5 heteroatoms. The molecule has 0 radical (unpaired) electrons. The molecule has 0 aliphatic carbocycles. The van der Waals surface area contributed by atoms with Crippen LogP contribution in [0, 0.1) is 0 Å². The Morgan fingerprint density at radius 3 is 2.45 bits per heavy atom. The maximum Gasteiger partial charge on any atom is 0.128 e. The van der Waals surface area contributed by atoms with Crippen LogP contribution in [0.3, 0.4) is 0 Å². The number of aliphatic hydroxyl groups is 1. The Hall–Kier alpha value is -1.17. The molecule has 1 aromatic rings. The van der Waals surface area contributed by atoms with Crippen molar-refractivity contribution >= 4 is 5.82 Å². The fourth-order valence-electron chi connectivity index (χ4n) is 2.37. The van der Waals surface area contributed by atoms with Crippen molar-refractivity contribution < 1.29 is 5.11 Å². The highest BCUT2D eigenvalue weighted by molar-refractivity contribution is 5.40. The zero-order chi connectivity index (χ0) is 14.5. The Bertz CT molecular complexity index is 397. The van der Waals surface area contributed by atoms with E-state index in [4.69, 9.17) is 0 Å². The first-order valence-electron chi connectivity index (χ1n) is 7.32. The van der Waals surface area contributed by atoms with E-state index in [-0.39, 0.29) is 0 Å². The van der Waals surface area contributed by atoms with Crippen LogP contribution >= 0.6 is 0 Å². The average Bonchev–Trinajstić information content (AvgIpc) is 2.46. The van der Waals surface area contributed by atoms with Crippen molar-refractivity contribution in [3.63, 3.8) is 0 Å². The molecule has 20 heavy (non-hydrogen) atoms. The van der Waals surface area contributed by atoms with Crippen molar-refractivity contribution in [3.8, 4) is 0 Å². The molecule has 1 aliphatic heterocycles. The molecule has 1 aliphatic rings. The maximum atomic E-state index is 9.50. The van der Waals surface area contributed by atoms with Crippen molar-refractivity contribution in [2.45, 2.75) is 13.0 Å². The molecule has 5 nitrogen and oxygen atoms in total. The normalized spacial score (nSPS) is 18.6. The summed E-state index contributed by atoms with van der Waals surface area (Å²) in [5.41, 5.74) is 0.873. The number of piperazine rings is 1. The monoisotopic (exact) mass is 278 g/mol. The van der Waals surface area contributed by atoms with Gasteiger partial charge in [-0.1, -0.05) is 6.07 Å². The van der Waals surface area contributed by atoms with E-state index in [1.54, 1.807) is 13.1 Å². The summed E-state index contributed by atoms with van der Waals surface area (Å²) in [6.07, 6.45) is 1.33. The Morgan fingerprint density at radius 2 is 1.95 bits per heavy atom. The topological polar surface area (TPSA) is 42.8 Å². The van der Waals surface area contributed by atoms with Crippen LogP contribution in [-0.4, -0.2) is 73.3 Å². The van der Waals surface area contributed by atoms with Crippen molar-refractivity contribution in [1.29, 1.82) is 0 Å². The number of rotatable bonds is 5. The van der Waals surface area contributed by atoms with Gasteiger partial charge >= 0.3 is 0 Å². The molecule has 2 rings (SSSR count). The first-order valence-corrected chi connectivity index (χ1v) is 7.32. The zero-order valence-electron chi connectivity index (χ0n) is 12.8. The molecule has 0 amide bonds. The Morgan fingerprint density at radius 1 is 1.25 bits per heavy atom. The summed E-state index contributed by atoms with van der Waals surface area (Å²) < 4.78 is 0. The lowest BCUT2D eigenvalue weighted by Crippen LogP contribution is -2.48. The van der Waals surface area contributed by atoms with E-state index in [9.17, 15) is 5.11 Å². The third-order valence-corrected chi connectivity index (χ3v) is 3.81. The Kier molecular flexibility index (Phi) is 5.34. The summed E-state index contributed by atoms with van der Waals surface area (Å²) in [5, 5.41) is 9.50. The fourth-order valence-corrected chi connectivity index (χ4v) is 2.37. The first-order chi connectivity index (χ1) is 9.56. The van der Waals surface area contributed by atoms with Gasteiger partial charge in [0.15, 0.2) is 0 Å². The third-order valence-electron chi connectivity index (χ3n) is 3.81. The molecule has 1 aromatic heterocycles. The number of aliphatic hydroxyl groups excluding tert-OH is 1. The smallest absolute Gasteiger partial charge is 0.128 e. The lowest BCUT2D eigenvalue weighted by atomic mass is 10.2. The molecule has 1 N–H and O–H groups in total. The van der Waals surface area contributed by atoms with Gasteiger partial charge in [-0.05, 0) is 32.6 Å². The number of hydrogen-bond acceptors (Lipinski definition) is 5. The van der Waals surface area contributed by atoms with Gasteiger partial charge < -0.3 is 14.9 Å². The minimum Gasteiger partial charge on any atom is -0.389 e. The van der Waals surface area contributed by atoms with Crippen LogP contribution < -0.4 is 4.90 Å². The lowest BCUT2D eigenvalue weighted by molar-refractivity contribution is 0.199. The molecule has 2 heterocycles. The summed E-state index contributed by atoms with van der Waals surface area (Å²) in [4.78, 5) is 11.5. The van der Waals surface area contributed by atoms with Gasteiger partial charge in [-0.2, -0.15) is 0 Å². The molecule has 0 unspecified atom stereocenters. The van der Waals surface area contributed by atoms with Crippen molar-refractivity contribution in [2.24, 2.45) is 0 Å². The maximum absolute atomic E-state index is 9.50. The van der Waals surface area contributed by atoms with Crippen LogP contribution in [0.25, 0.3) is 0 Å². The third kappa shape index (κ3) is 4.16. The summed E-state index contributed by atoms with van der Waals surface area (Å²) in [6, 6.07) is 3.98. The Labute approximate surface area is 121 Å². The standard InChI is InChI=1S/C15H26N4O/c1-13(20)14-4-5-15(16-12-14)19-10-8-18(9-11-19)7-6-17(2)3/h4-5,12-13,20H,6-11H2,1-3H3/t13-/m1/s1. The molecular formula is C15H26N4O. The van der Waals surface area contributed by atoms with E-state index in [1.807, 2.05) is 12.1 Å². The second-order valence-electron chi connectivity index (χ2n) is 5.76. The van der Waals surface area contributed by atoms with Crippen LogP contribution in [0.4, 0.5) is 5.82 Å². The van der Waals surface area contributed by atoms with E-state index in [1.165, 1.54) is 0 Å². The number of anilines is 1. The average molecular weight is 278 g/mol. The van der Waals surface area contributed by atoms with E-state index >= 15 is 0 Å². The molecule has 1 fully saturated rings. The highest BCUT2D eigenvalue weighted by Gasteiger charge is 2.17. The van der Waals surface area contributed by atoms with Gasteiger partial charge in [0.25, 0.3) is 0 Å². The molecule has 0 bridgehead atoms. The minimum absolute atomic E-state index is 0.445. The van der Waals surface area contributed by atoms with Crippen LogP contribution in [0.1, 0.15) is 18.6 Å². The van der Waals surface area contributed by atoms with Crippen molar-refractivity contribution in [3.05, 3.63) is 23.9 Å². The molecule has 0 spiro atoms. The largest absolute Gasteiger partial charge is 0.389 e. The number of pyridine rings is 1. The molecule has 0 aromatic carbocycles. The van der Waals surface area contributed by atoms with Gasteiger partial charge in [0.05, 0.1) is 6.10 Å². The quantitative estimate of drug-likeness (QED) is 0.864. The molecule has 1 saturated heterocycles. The summed E-state index contributed by atoms with van der Waals surface area (Å²) in [6.45, 7) is 8.24. The minimum atomic E-state index is -0.445. The molecule has 1 atom stereocenters. The summed E-state index contributed by atoms with van der Waals surface area (Å²) in [7, 11) is 4.23. The fraction of sp³-hybridized carbons (Fsp3) is 0.667. The van der Waals surface area contributed by atoms with Gasteiger partial charge in [-0.25, -0.2) is 4.98 Å². The number of aromatic nitrogens is 1. The molecular weight excluding hydrogens is 252 g/mol. The SMILES string of the molecule is C[C@@H](O)c1ccc(N2CCN(CCN(C)C)CC2)nc1. The molecule has 112 valence electrons. The Balaban J connectivity index is 1.84. The van der Waals surface area contributed by atoms with E-state index in [0.29, 0.717) is 0 Å². The van der Waals surface area contributed by atoms with E-state index in [0.717, 1.165) is 50.6 Å². The van der Waals surface area contributed by atoms with Crippen molar-refractivity contribution in [2.75, 3.05) is 58.3 Å². The van der Waals surface area contributed by atoms with Gasteiger partial charge in [0.1, 0.15) is 5.82 Å². The second kappa shape index (κ2) is 7.02. The van der Waals surface area contributed by atoms with Gasteiger partial charge in [-0.3, -0.25) is 4.90 Å². The second-order valence-corrected chi connectivity index (χ2v) is 5.76. The number of hydrogen-bond donors (Lipinski definition) is 1. The van der Waals surface area contributed by atoms with Crippen LogP contribution in [-0.2, 0) is 0 Å². The van der Waals surface area contributed by atoms with E-state index < -0.39 is 6.10 Å². The van der Waals surface area contributed by atoms with Crippen molar-refractivity contribution in [1.82, 2.24) is 14.8 Å². The highest BCUT2D eigenvalue weighted by atomic mass is 16.3. The van der Waals surface area contributed by atoms with Gasteiger partial charge in [0.2, 0.25) is 0 Å². The summed E-state index contributed by atoms with van der Waals surface area (Å²) >= 11 is 0. The highest BCUT2D eigenvalue weighted by Crippen LogP contribution is 2.17. The number of likely N-dealkylation sites (N-methyl/N-ethyl adjacent to an activating group) is 1. The van der Waals surface area contributed by atoms with E-state index in [2.05, 4.69) is 33.8 Å². The number of nitrogens with zero attached hydrogens (tertiary/aromatic N) is 4. The summed E-state index contributed by atoms with van der Waals surface area (Å²) in [5.74, 6) is 1.02. The van der Waals surface area contributed by atoms with Crippen LogP contribution in [0.2, 0.25) is 0 Å². The molecule has 0 saturated carbocycles. The van der Waals surface area contributed by atoms with Gasteiger partial charge in [0, 0.05) is 45.5 Å². The lowest BCUT2D eigenvalue weighted by Gasteiger charge is -2.35.